The van der Waals surface area contributed by atoms with Crippen molar-refractivity contribution in [1.29, 1.82) is 0 Å². The van der Waals surface area contributed by atoms with Crippen molar-refractivity contribution < 1.29 is 0 Å². The Morgan fingerprint density at radius 3 is 3.00 bits per heavy atom. The van der Waals surface area contributed by atoms with Gasteiger partial charge in [-0.3, -0.25) is 14.6 Å². The number of pyridine rings is 1. The van der Waals surface area contributed by atoms with Crippen molar-refractivity contribution in [2.24, 2.45) is 0 Å². The Balaban J connectivity index is 2.02. The van der Waals surface area contributed by atoms with Gasteiger partial charge in [0.1, 0.15) is 5.69 Å². The van der Waals surface area contributed by atoms with Crippen molar-refractivity contribution in [2.45, 2.75) is 13.5 Å². The lowest BCUT2D eigenvalue weighted by molar-refractivity contribution is 0.768. The molecule has 3 aromatic rings. The molecule has 3 heterocycles. The molecular weight excluding hydrogens is 278 g/mol. The summed E-state index contributed by atoms with van der Waals surface area (Å²) in [6, 6.07) is 5.71. The molecule has 0 amide bonds. The van der Waals surface area contributed by atoms with Crippen LogP contribution in [-0.4, -0.2) is 24.7 Å². The van der Waals surface area contributed by atoms with Gasteiger partial charge in [0, 0.05) is 11.6 Å². The molecule has 0 fully saturated rings. The van der Waals surface area contributed by atoms with E-state index < -0.39 is 0 Å². The first kappa shape index (κ1) is 12.2. The first-order valence-electron chi connectivity index (χ1n) is 5.71. The molecule has 0 saturated carbocycles. The third-order valence-electron chi connectivity index (χ3n) is 2.64. The highest BCUT2D eigenvalue weighted by Gasteiger charge is 2.11. The van der Waals surface area contributed by atoms with Crippen molar-refractivity contribution in [3.05, 3.63) is 45.2 Å². The zero-order valence-electron chi connectivity index (χ0n) is 10.2. The van der Waals surface area contributed by atoms with Gasteiger partial charge in [-0.25, -0.2) is 4.98 Å². The maximum Gasteiger partial charge on any atom is 0.195 e. The topological polar surface area (TPSA) is 59.4 Å². The number of hydrogen-bond donors (Lipinski definition) is 1. The fourth-order valence-electron chi connectivity index (χ4n) is 1.80. The van der Waals surface area contributed by atoms with Crippen LogP contribution in [0, 0.1) is 11.7 Å². The second-order valence-electron chi connectivity index (χ2n) is 4.01. The van der Waals surface area contributed by atoms with Gasteiger partial charge in [0.2, 0.25) is 0 Å². The molecule has 5 nitrogen and oxygen atoms in total. The minimum absolute atomic E-state index is 0.575. The molecular formula is C12H11N5S2. The molecule has 0 aliphatic heterocycles. The summed E-state index contributed by atoms with van der Waals surface area (Å²) in [6.07, 6.45) is 1.74. The van der Waals surface area contributed by atoms with Crippen molar-refractivity contribution in [3.63, 3.8) is 0 Å². The van der Waals surface area contributed by atoms with Gasteiger partial charge in [0.05, 0.1) is 17.2 Å². The SMILES string of the molecule is Cc1nc(Cn2c(-c3ccccn3)n[nH]c2=S)cs1. The molecule has 3 rings (SSSR count). The predicted molar refractivity (Wildman–Crippen MR) is 76.6 cm³/mol. The first-order chi connectivity index (χ1) is 9.24. The van der Waals surface area contributed by atoms with Crippen LogP contribution in [-0.2, 0) is 6.54 Å². The molecule has 0 aliphatic rings. The van der Waals surface area contributed by atoms with E-state index in [2.05, 4.69) is 20.2 Å². The first-order valence-corrected chi connectivity index (χ1v) is 7.00. The Hall–Kier alpha value is -1.86. The standard InChI is InChI=1S/C12H11N5S2/c1-8-14-9(7-19-8)6-17-11(15-16-12(17)18)10-4-2-3-5-13-10/h2-5,7H,6H2,1H3,(H,16,18). The van der Waals surface area contributed by atoms with Gasteiger partial charge in [-0.1, -0.05) is 6.07 Å². The van der Waals surface area contributed by atoms with Gasteiger partial charge in [0.25, 0.3) is 0 Å². The normalized spacial score (nSPS) is 10.8. The number of hydrogen-bond acceptors (Lipinski definition) is 5. The Morgan fingerprint density at radius 2 is 2.32 bits per heavy atom. The number of aryl methyl sites for hydroxylation is 1. The molecule has 96 valence electrons. The lowest BCUT2D eigenvalue weighted by Crippen LogP contribution is -2.03. The van der Waals surface area contributed by atoms with Gasteiger partial charge in [-0.2, -0.15) is 5.10 Å². The van der Waals surface area contributed by atoms with E-state index >= 15 is 0 Å². The van der Waals surface area contributed by atoms with E-state index in [0.717, 1.165) is 22.2 Å². The summed E-state index contributed by atoms with van der Waals surface area (Å²) in [6.45, 7) is 2.59. The van der Waals surface area contributed by atoms with Crippen LogP contribution < -0.4 is 0 Å². The van der Waals surface area contributed by atoms with Crippen molar-refractivity contribution >= 4 is 23.6 Å². The second kappa shape index (κ2) is 5.02. The Kier molecular flexibility index (Phi) is 3.22. The zero-order valence-corrected chi connectivity index (χ0v) is 11.8. The van der Waals surface area contributed by atoms with E-state index in [0.29, 0.717) is 11.3 Å². The Morgan fingerprint density at radius 1 is 1.42 bits per heavy atom. The smallest absolute Gasteiger partial charge is 0.195 e. The summed E-state index contributed by atoms with van der Waals surface area (Å²) >= 11 is 6.90. The van der Waals surface area contributed by atoms with Gasteiger partial charge in [-0.15, -0.1) is 11.3 Å². The number of thiazole rings is 1. The summed E-state index contributed by atoms with van der Waals surface area (Å²) in [5.74, 6) is 0.733. The second-order valence-corrected chi connectivity index (χ2v) is 5.46. The van der Waals surface area contributed by atoms with Gasteiger partial charge >= 0.3 is 0 Å². The maximum absolute atomic E-state index is 5.27. The fraction of sp³-hybridized carbons (Fsp3) is 0.167. The lowest BCUT2D eigenvalue weighted by atomic mass is 10.3. The third kappa shape index (κ3) is 2.47. The molecule has 0 aromatic carbocycles. The largest absolute Gasteiger partial charge is 0.293 e. The monoisotopic (exact) mass is 289 g/mol. The molecule has 1 N–H and O–H groups in total. The molecule has 0 atom stereocenters. The lowest BCUT2D eigenvalue weighted by Gasteiger charge is -2.03. The third-order valence-corrected chi connectivity index (χ3v) is 3.77. The summed E-state index contributed by atoms with van der Waals surface area (Å²) < 4.78 is 2.48. The zero-order chi connectivity index (χ0) is 13.2. The van der Waals surface area contributed by atoms with E-state index in [9.17, 15) is 0 Å². The number of aromatic nitrogens is 5. The van der Waals surface area contributed by atoms with Gasteiger partial charge in [-0.05, 0) is 31.3 Å². The summed E-state index contributed by atoms with van der Waals surface area (Å²) in [7, 11) is 0. The highest BCUT2D eigenvalue weighted by atomic mass is 32.1. The van der Waals surface area contributed by atoms with Gasteiger partial charge < -0.3 is 0 Å². The quantitative estimate of drug-likeness (QED) is 0.753. The minimum atomic E-state index is 0.575. The summed E-state index contributed by atoms with van der Waals surface area (Å²) in [5.41, 5.74) is 1.78. The van der Waals surface area contributed by atoms with Crippen LogP contribution in [0.4, 0.5) is 0 Å². The van der Waals surface area contributed by atoms with E-state index in [-0.39, 0.29) is 0 Å². The van der Waals surface area contributed by atoms with Crippen LogP contribution in [0.1, 0.15) is 10.7 Å². The predicted octanol–water partition coefficient (Wildman–Crippen LogP) is 2.82. The van der Waals surface area contributed by atoms with E-state index in [1.54, 1.807) is 17.5 Å². The highest BCUT2D eigenvalue weighted by Crippen LogP contribution is 2.16. The van der Waals surface area contributed by atoms with Crippen LogP contribution in [0.25, 0.3) is 11.5 Å². The molecule has 0 spiro atoms. The van der Waals surface area contributed by atoms with E-state index in [1.807, 2.05) is 35.1 Å². The number of nitrogens with one attached hydrogen (secondary N) is 1. The molecule has 0 unspecified atom stereocenters. The van der Waals surface area contributed by atoms with E-state index in [4.69, 9.17) is 12.2 Å². The average Bonchev–Trinajstić information content (AvgIpc) is 2.99. The molecule has 7 heteroatoms. The van der Waals surface area contributed by atoms with Crippen LogP contribution >= 0.6 is 23.6 Å². The highest BCUT2D eigenvalue weighted by molar-refractivity contribution is 7.71. The van der Waals surface area contributed by atoms with Gasteiger partial charge in [0.15, 0.2) is 10.6 Å². The Bertz CT molecular complexity index is 741. The Labute approximate surface area is 119 Å². The average molecular weight is 289 g/mol. The van der Waals surface area contributed by atoms with Crippen LogP contribution in [0.3, 0.4) is 0 Å². The van der Waals surface area contributed by atoms with Crippen molar-refractivity contribution in [2.75, 3.05) is 0 Å². The van der Waals surface area contributed by atoms with Crippen LogP contribution in [0.15, 0.2) is 29.8 Å². The molecule has 0 aliphatic carbocycles. The number of rotatable bonds is 3. The van der Waals surface area contributed by atoms with Crippen molar-refractivity contribution in [3.8, 4) is 11.5 Å². The molecule has 0 radical (unpaired) electrons. The molecule has 3 aromatic heterocycles. The maximum atomic E-state index is 5.27. The number of aromatic amines is 1. The van der Waals surface area contributed by atoms with Crippen LogP contribution in [0.2, 0.25) is 0 Å². The minimum Gasteiger partial charge on any atom is -0.293 e. The number of H-pyrrole nitrogens is 1. The fourth-order valence-corrected chi connectivity index (χ4v) is 2.60. The van der Waals surface area contributed by atoms with E-state index in [1.165, 1.54) is 0 Å². The summed E-state index contributed by atoms with van der Waals surface area (Å²) in [4.78, 5) is 8.75. The summed E-state index contributed by atoms with van der Waals surface area (Å²) in [5, 5.41) is 10.1. The number of nitrogens with zero attached hydrogens (tertiary/aromatic N) is 4. The molecule has 0 saturated heterocycles. The van der Waals surface area contributed by atoms with Crippen molar-refractivity contribution in [1.82, 2.24) is 24.7 Å². The van der Waals surface area contributed by atoms with Crippen LogP contribution in [0.5, 0.6) is 0 Å². The molecule has 0 bridgehead atoms. The molecule has 19 heavy (non-hydrogen) atoms.